The number of anilines is 1. The lowest BCUT2D eigenvalue weighted by atomic mass is 9.97. The molecule has 0 bridgehead atoms. The van der Waals surface area contributed by atoms with Crippen LogP contribution in [0.25, 0.3) is 10.2 Å². The second kappa shape index (κ2) is 10.9. The van der Waals surface area contributed by atoms with Gasteiger partial charge in [-0.1, -0.05) is 42.1 Å². The summed E-state index contributed by atoms with van der Waals surface area (Å²) in [5.74, 6) is -1.72. The van der Waals surface area contributed by atoms with Crippen molar-refractivity contribution in [3.05, 3.63) is 79.1 Å². The lowest BCUT2D eigenvalue weighted by molar-refractivity contribution is -0.141. The number of hydrogen-bond donors (Lipinski definition) is 1. The maximum Gasteiger partial charge on any atom is 0.333 e. The zero-order valence-corrected chi connectivity index (χ0v) is 22.3. The number of nitrogens with two attached hydrogens (primary N) is 1. The van der Waals surface area contributed by atoms with E-state index in [-0.39, 0.29) is 23.7 Å². The molecule has 4 aromatic rings. The van der Waals surface area contributed by atoms with Crippen molar-refractivity contribution in [3.8, 4) is 0 Å². The fraction of sp³-hybridized carbons (Fsp3) is 0.308. The van der Waals surface area contributed by atoms with E-state index in [4.69, 9.17) is 5.73 Å². The number of esters is 1. The van der Waals surface area contributed by atoms with Crippen LogP contribution in [0.2, 0.25) is 0 Å². The number of nitrogen functional groups attached to an aromatic ring is 1. The van der Waals surface area contributed by atoms with Gasteiger partial charge in [0.1, 0.15) is 34.1 Å². The van der Waals surface area contributed by atoms with Gasteiger partial charge in [0.25, 0.3) is 5.56 Å². The molecule has 0 unspecified atom stereocenters. The van der Waals surface area contributed by atoms with Gasteiger partial charge in [-0.05, 0) is 36.8 Å². The predicted molar refractivity (Wildman–Crippen MR) is 146 cm³/mol. The molecule has 0 spiro atoms. The second-order valence-corrected chi connectivity index (χ2v) is 10.9. The second-order valence-electron chi connectivity index (χ2n) is 8.86. The van der Waals surface area contributed by atoms with Crippen molar-refractivity contribution in [1.29, 1.82) is 0 Å². The average molecular weight is 552 g/mol. The first-order chi connectivity index (χ1) is 18.4. The monoisotopic (exact) mass is 551 g/mol. The minimum Gasteiger partial charge on any atom is -0.468 e. The number of hydrogen-bond acceptors (Lipinski definition) is 10. The number of benzene rings is 1. The summed E-state index contributed by atoms with van der Waals surface area (Å²) in [4.78, 5) is 63.0. The van der Waals surface area contributed by atoms with Crippen molar-refractivity contribution in [3.63, 3.8) is 0 Å². The molecule has 0 saturated carbocycles. The van der Waals surface area contributed by atoms with E-state index in [1.54, 1.807) is 35.6 Å². The van der Waals surface area contributed by atoms with E-state index in [9.17, 15) is 19.2 Å². The van der Waals surface area contributed by atoms with Crippen molar-refractivity contribution < 1.29 is 14.3 Å². The first kappa shape index (κ1) is 25.9. The quantitative estimate of drug-likeness (QED) is 0.151. The van der Waals surface area contributed by atoms with Crippen LogP contribution in [0.1, 0.15) is 39.2 Å². The van der Waals surface area contributed by atoms with Crippen molar-refractivity contribution in [2.75, 3.05) is 18.6 Å². The summed E-state index contributed by atoms with van der Waals surface area (Å²) in [6.07, 6.45) is 5.67. The maximum absolute atomic E-state index is 13.5. The Balaban J connectivity index is 1.52. The van der Waals surface area contributed by atoms with Gasteiger partial charge in [-0.15, -0.1) is 11.3 Å². The molecule has 0 saturated heterocycles. The molecule has 0 aliphatic heterocycles. The largest absolute Gasteiger partial charge is 0.468 e. The smallest absolute Gasteiger partial charge is 0.333 e. The van der Waals surface area contributed by atoms with Crippen LogP contribution in [-0.2, 0) is 35.5 Å². The van der Waals surface area contributed by atoms with E-state index in [1.807, 2.05) is 6.07 Å². The molecule has 0 amide bonds. The van der Waals surface area contributed by atoms with Gasteiger partial charge in [-0.3, -0.25) is 19.0 Å². The zero-order chi connectivity index (χ0) is 26.8. The van der Waals surface area contributed by atoms with Crippen LogP contribution in [-0.4, -0.2) is 43.7 Å². The number of rotatable bonds is 8. The highest BCUT2D eigenvalue weighted by Gasteiger charge is 2.26. The minimum atomic E-state index is -0.923. The van der Waals surface area contributed by atoms with Gasteiger partial charge in [0, 0.05) is 10.3 Å². The molecule has 3 heterocycles. The molecule has 0 radical (unpaired) electrons. The van der Waals surface area contributed by atoms with Gasteiger partial charge >= 0.3 is 11.7 Å². The van der Waals surface area contributed by atoms with Gasteiger partial charge in [0.05, 0.1) is 19.4 Å². The summed E-state index contributed by atoms with van der Waals surface area (Å²) in [5.41, 5.74) is 6.20. The SMILES string of the molecule is COC(=O)Cn1c(=O)c(C(=O)CSc2ncnc3sc4c(c23)CCCC4)c(N)n(Cc2ccccc2)c1=O. The summed E-state index contributed by atoms with van der Waals surface area (Å²) in [5, 5.41) is 1.64. The van der Waals surface area contributed by atoms with E-state index in [0.29, 0.717) is 9.59 Å². The number of thiophene rings is 1. The first-order valence-electron chi connectivity index (χ1n) is 12.0. The number of methoxy groups -OCH3 is 1. The number of nitrogens with zero attached hydrogens (tertiary/aromatic N) is 4. The Kier molecular flexibility index (Phi) is 7.43. The number of Topliss-reactive ketones (excluding diaryl/α,β-unsaturated/α-hetero) is 1. The summed E-state index contributed by atoms with van der Waals surface area (Å²) in [6, 6.07) is 9.02. The molecule has 0 fully saturated rings. The van der Waals surface area contributed by atoms with Crippen molar-refractivity contribution >= 4 is 50.9 Å². The van der Waals surface area contributed by atoms with Crippen LogP contribution in [0, 0.1) is 0 Å². The molecule has 5 rings (SSSR count). The summed E-state index contributed by atoms with van der Waals surface area (Å²) in [6.45, 7) is -0.613. The number of aromatic nitrogens is 4. The number of carbonyl (C=O) groups excluding carboxylic acids is 2. The van der Waals surface area contributed by atoms with Gasteiger partial charge < -0.3 is 10.5 Å². The molecule has 1 aliphatic rings. The molecule has 10 nitrogen and oxygen atoms in total. The van der Waals surface area contributed by atoms with E-state index in [0.717, 1.165) is 53.1 Å². The molecule has 1 aromatic carbocycles. The predicted octanol–water partition coefficient (Wildman–Crippen LogP) is 2.67. The minimum absolute atomic E-state index is 0.0218. The van der Waals surface area contributed by atoms with Crippen LogP contribution >= 0.6 is 23.1 Å². The molecule has 196 valence electrons. The lowest BCUT2D eigenvalue weighted by Gasteiger charge is -2.16. The molecule has 2 N–H and O–H groups in total. The number of thioether (sulfide) groups is 1. The molecule has 3 aromatic heterocycles. The fourth-order valence-corrected chi connectivity index (χ4v) is 6.80. The molecular formula is C26H25N5O5S2. The number of fused-ring (bicyclic) bond motifs is 3. The zero-order valence-electron chi connectivity index (χ0n) is 20.6. The van der Waals surface area contributed by atoms with Gasteiger partial charge in [0.2, 0.25) is 0 Å². The maximum atomic E-state index is 13.5. The highest BCUT2D eigenvalue weighted by atomic mass is 32.2. The van der Waals surface area contributed by atoms with Crippen LogP contribution < -0.4 is 17.0 Å². The number of carbonyl (C=O) groups is 2. The van der Waals surface area contributed by atoms with Crippen molar-refractivity contribution in [2.24, 2.45) is 0 Å². The Morgan fingerprint density at radius 3 is 2.63 bits per heavy atom. The normalized spacial score (nSPS) is 12.9. The van der Waals surface area contributed by atoms with Crippen LogP contribution in [0.3, 0.4) is 0 Å². The third-order valence-corrected chi connectivity index (χ3v) is 8.69. The standard InChI is InChI=1S/C26H25N5O5S2/c1-36-19(33)12-31-25(34)21(22(27)30(26(31)35)11-15-7-3-2-4-8-15)17(32)13-37-23-20-16-9-5-6-10-18(16)38-24(20)29-14-28-23/h2-4,7-8,14H,5-6,9-13,27H2,1H3. The molecular weight excluding hydrogens is 526 g/mol. The molecule has 0 atom stereocenters. The van der Waals surface area contributed by atoms with E-state index < -0.39 is 29.5 Å². The first-order valence-corrected chi connectivity index (χ1v) is 13.8. The van der Waals surface area contributed by atoms with E-state index in [1.165, 1.54) is 28.5 Å². The van der Waals surface area contributed by atoms with E-state index in [2.05, 4.69) is 14.7 Å². The number of ether oxygens (including phenoxy) is 1. The highest BCUT2D eigenvalue weighted by Crippen LogP contribution is 2.39. The van der Waals surface area contributed by atoms with Crippen molar-refractivity contribution in [2.45, 2.75) is 43.8 Å². The fourth-order valence-electron chi connectivity index (χ4n) is 4.61. The van der Waals surface area contributed by atoms with Crippen molar-refractivity contribution in [1.82, 2.24) is 19.1 Å². The highest BCUT2D eigenvalue weighted by molar-refractivity contribution is 8.00. The Labute approximate surface area is 225 Å². The summed E-state index contributed by atoms with van der Waals surface area (Å²) < 4.78 is 6.49. The van der Waals surface area contributed by atoms with Gasteiger partial charge in [-0.2, -0.15) is 0 Å². The molecule has 12 heteroatoms. The Hall–Kier alpha value is -3.77. The van der Waals surface area contributed by atoms with Gasteiger partial charge in [0.15, 0.2) is 5.78 Å². The van der Waals surface area contributed by atoms with Crippen LogP contribution in [0.15, 0.2) is 51.3 Å². The summed E-state index contributed by atoms with van der Waals surface area (Å²) >= 11 is 2.87. The Bertz CT molecular complexity index is 1660. The van der Waals surface area contributed by atoms with Crippen LogP contribution in [0.5, 0.6) is 0 Å². The third kappa shape index (κ3) is 4.88. The molecule has 1 aliphatic carbocycles. The lowest BCUT2D eigenvalue weighted by Crippen LogP contribution is -2.45. The summed E-state index contributed by atoms with van der Waals surface area (Å²) in [7, 11) is 1.15. The molecule has 38 heavy (non-hydrogen) atoms. The number of aryl methyl sites for hydroxylation is 2. The number of ketones is 1. The topological polar surface area (TPSA) is 139 Å². The average Bonchev–Trinajstić information content (AvgIpc) is 3.32. The van der Waals surface area contributed by atoms with E-state index >= 15 is 0 Å². The van der Waals surface area contributed by atoms with Gasteiger partial charge in [-0.25, -0.2) is 19.3 Å². The Morgan fingerprint density at radius 2 is 1.87 bits per heavy atom. The Morgan fingerprint density at radius 1 is 1.11 bits per heavy atom. The third-order valence-electron chi connectivity index (χ3n) is 6.50. The van der Waals surface area contributed by atoms with Crippen LogP contribution in [0.4, 0.5) is 5.82 Å².